The summed E-state index contributed by atoms with van der Waals surface area (Å²) in [5, 5.41) is 0. The standard InChI is InChI=1S/Na.H4O4Si.Pb.Zr.3H/c;1-5(2,3)4;;;;;/h;1-4H;;;;;/q+1;;;;;;-1. The molecule has 0 atom stereocenters. The number of hydrogen-bond donors (Lipinski definition) is 4. The minimum Gasteiger partial charge on any atom is 0 e. The molecule has 0 saturated carbocycles. The molecule has 0 spiro atoms. The van der Waals surface area contributed by atoms with Crippen molar-refractivity contribution in [2.24, 2.45) is 0 Å². The minimum atomic E-state index is -4.61. The quantitative estimate of drug-likeness (QED) is 0.294. The van der Waals surface area contributed by atoms with Gasteiger partial charge in [-0.25, -0.2) is 0 Å². The van der Waals surface area contributed by atoms with Gasteiger partial charge >= 0.3 is 65.9 Å². The summed E-state index contributed by atoms with van der Waals surface area (Å²) in [5.41, 5.74) is 0. The van der Waals surface area contributed by atoms with Gasteiger partial charge < -0.3 is 20.6 Å². The monoisotopic (exact) mass is 420 g/mol. The van der Waals surface area contributed by atoms with Crippen molar-refractivity contribution >= 4 is 36.3 Å². The van der Waals surface area contributed by atoms with Crippen molar-refractivity contribution in [1.29, 1.82) is 0 Å². The molecule has 0 aliphatic rings. The van der Waals surface area contributed by atoms with E-state index in [2.05, 4.69) is 0 Å². The summed E-state index contributed by atoms with van der Waals surface area (Å²) in [6.45, 7) is 0. The summed E-state index contributed by atoms with van der Waals surface area (Å²) in [5.74, 6) is 0. The minimum absolute atomic E-state index is 0. The van der Waals surface area contributed by atoms with Crippen molar-refractivity contribution in [1.82, 2.24) is 0 Å². The van der Waals surface area contributed by atoms with Crippen molar-refractivity contribution in [2.75, 3.05) is 0 Å². The molecule has 44 valence electrons. The third kappa shape index (κ3) is 66.9. The fourth-order valence-corrected chi connectivity index (χ4v) is 0. The summed E-state index contributed by atoms with van der Waals surface area (Å²) in [7, 11) is -4.61. The van der Waals surface area contributed by atoms with E-state index in [-0.39, 0.29) is 84.5 Å². The van der Waals surface area contributed by atoms with E-state index in [4.69, 9.17) is 19.2 Å². The van der Waals surface area contributed by atoms with Crippen molar-refractivity contribution in [2.45, 2.75) is 0 Å². The number of hydrogen-bond acceptors (Lipinski definition) is 4. The Hall–Kier alpha value is 2.86. The van der Waals surface area contributed by atoms with Crippen LogP contribution in [0.15, 0.2) is 0 Å². The molecule has 2 radical (unpaired) electrons. The van der Waals surface area contributed by atoms with E-state index in [1.165, 1.54) is 0 Å². The van der Waals surface area contributed by atoms with Gasteiger partial charge in [-0.3, -0.25) is 0 Å². The second kappa shape index (κ2) is 9.86. The van der Waals surface area contributed by atoms with Crippen LogP contribution in [0.25, 0.3) is 0 Å². The largest absolute Gasteiger partial charge is 0 e. The maximum absolute atomic E-state index is 7.33. The van der Waals surface area contributed by atoms with Gasteiger partial charge in [0.25, 0.3) is 0 Å². The Morgan fingerprint density at radius 2 is 1.00 bits per heavy atom. The molecule has 0 heterocycles. The van der Waals surface area contributed by atoms with Crippen LogP contribution in [0.1, 0.15) is 1.43 Å². The molecular weight excluding hydrogens is 413 g/mol. The van der Waals surface area contributed by atoms with Crippen LogP contribution in [0, 0.1) is 0 Å². The fourth-order valence-electron chi connectivity index (χ4n) is 0. The van der Waals surface area contributed by atoms with E-state index < -0.39 is 9.05 Å². The molecule has 4 N–H and O–H groups in total. The second-order valence-corrected chi connectivity index (χ2v) is 1.80. The third-order valence-corrected chi connectivity index (χ3v) is 0. The zero-order valence-electron chi connectivity index (χ0n) is 5.50. The molecule has 0 bridgehead atoms. The van der Waals surface area contributed by atoms with Gasteiger partial charge in [0.2, 0.25) is 0 Å². The summed E-state index contributed by atoms with van der Waals surface area (Å²) >= 11 is 0. The molecular formula is H7NaO4PbSiZr. The summed E-state index contributed by atoms with van der Waals surface area (Å²) in [6.07, 6.45) is 0. The Balaban J connectivity index is -0.0000000133. The van der Waals surface area contributed by atoms with Gasteiger partial charge in [0, 0.05) is 26.2 Å². The van der Waals surface area contributed by atoms with Gasteiger partial charge in [0.15, 0.2) is 0 Å². The first-order valence-corrected chi connectivity index (χ1v) is 2.68. The molecule has 0 aliphatic heterocycles. The molecule has 0 aliphatic carbocycles. The maximum atomic E-state index is 7.33. The Kier molecular flexibility index (Phi) is 27.7. The van der Waals surface area contributed by atoms with E-state index in [9.17, 15) is 0 Å². The molecule has 0 aromatic carbocycles. The molecule has 0 rings (SSSR count). The van der Waals surface area contributed by atoms with Crippen LogP contribution in [0.4, 0.5) is 0 Å². The first-order valence-electron chi connectivity index (χ1n) is 0.894. The predicted octanol–water partition coefficient (Wildman–Crippen LogP) is -6.41. The summed E-state index contributed by atoms with van der Waals surface area (Å²) < 4.78 is 0. The van der Waals surface area contributed by atoms with Gasteiger partial charge in [-0.15, -0.1) is 0 Å². The smallest absolute Gasteiger partial charge is 0 e. The van der Waals surface area contributed by atoms with Gasteiger partial charge in [0.1, 0.15) is 0 Å². The second-order valence-electron chi connectivity index (χ2n) is 0.600. The van der Waals surface area contributed by atoms with E-state index >= 15 is 0 Å². The maximum Gasteiger partial charge on any atom is 0 e. The molecule has 0 unspecified atom stereocenters. The SMILES string of the molecule is O[Si](O)(O)O.[H-].[Na+].[PbH2].[Zr]. The van der Waals surface area contributed by atoms with Crippen molar-refractivity contribution in [3.63, 3.8) is 0 Å². The fraction of sp³-hybridized carbons (Fsp3) is 0. The molecule has 8 heavy (non-hydrogen) atoms. The van der Waals surface area contributed by atoms with Gasteiger partial charge in [-0.2, -0.15) is 0 Å². The zero-order chi connectivity index (χ0) is 4.50. The number of rotatable bonds is 0. The molecule has 4 nitrogen and oxygen atoms in total. The first kappa shape index (κ1) is 22.4. The van der Waals surface area contributed by atoms with Gasteiger partial charge in [0.05, 0.1) is 0 Å². The van der Waals surface area contributed by atoms with Crippen LogP contribution >= 0.6 is 0 Å². The van der Waals surface area contributed by atoms with E-state index in [1.807, 2.05) is 0 Å². The van der Waals surface area contributed by atoms with Crippen LogP contribution in [-0.2, 0) is 26.2 Å². The molecule has 0 saturated heterocycles. The zero-order valence-corrected chi connectivity index (χ0v) is 15.5. The molecule has 0 aromatic rings. The first-order chi connectivity index (χ1) is 2.00. The molecule has 0 fully saturated rings. The average molecular weight is 421 g/mol. The Morgan fingerprint density at radius 1 is 1.00 bits per heavy atom. The van der Waals surface area contributed by atoms with Crippen LogP contribution in [0.3, 0.4) is 0 Å². The Labute approximate surface area is 111 Å². The van der Waals surface area contributed by atoms with E-state index in [1.54, 1.807) is 0 Å². The summed E-state index contributed by atoms with van der Waals surface area (Å²) in [4.78, 5) is 29.3. The average Bonchev–Trinajstić information content (AvgIpc) is 0.722. The third-order valence-electron chi connectivity index (χ3n) is 0. The molecule has 8 heteroatoms. The van der Waals surface area contributed by atoms with Crippen molar-refractivity contribution in [3.8, 4) is 0 Å². The van der Waals surface area contributed by atoms with Crippen LogP contribution in [-0.4, -0.2) is 55.5 Å². The predicted molar refractivity (Wildman–Crippen MR) is 24.3 cm³/mol. The van der Waals surface area contributed by atoms with Crippen LogP contribution in [0.5, 0.6) is 0 Å². The normalized spacial score (nSPS) is 7.50. The van der Waals surface area contributed by atoms with Crippen LogP contribution in [0.2, 0.25) is 0 Å². The topological polar surface area (TPSA) is 80.9 Å². The Morgan fingerprint density at radius 3 is 1.00 bits per heavy atom. The van der Waals surface area contributed by atoms with E-state index in [0.29, 0.717) is 0 Å². The van der Waals surface area contributed by atoms with Crippen molar-refractivity contribution in [3.05, 3.63) is 0 Å². The molecule has 0 aromatic heterocycles. The van der Waals surface area contributed by atoms with Crippen LogP contribution < -0.4 is 29.6 Å². The molecule has 0 amide bonds. The summed E-state index contributed by atoms with van der Waals surface area (Å²) in [6, 6.07) is 0. The van der Waals surface area contributed by atoms with E-state index in [0.717, 1.165) is 0 Å². The van der Waals surface area contributed by atoms with Crippen molar-refractivity contribution < 1.29 is 76.4 Å². The van der Waals surface area contributed by atoms with Gasteiger partial charge in [-0.05, 0) is 0 Å². The van der Waals surface area contributed by atoms with Gasteiger partial charge in [-0.1, -0.05) is 0 Å². The Bertz CT molecular complexity index is 36.0.